The van der Waals surface area contributed by atoms with Crippen molar-refractivity contribution in [1.29, 1.82) is 0 Å². The number of ether oxygens (including phenoxy) is 2. The molecule has 8 nitrogen and oxygen atoms in total. The molecule has 1 aromatic heterocycles. The van der Waals surface area contributed by atoms with Crippen molar-refractivity contribution in [2.24, 2.45) is 5.10 Å². The van der Waals surface area contributed by atoms with E-state index < -0.39 is 11.7 Å². The largest absolute Gasteiger partial charge is 0.496 e. The number of para-hydroxylation sites is 2. The van der Waals surface area contributed by atoms with Gasteiger partial charge < -0.3 is 14.8 Å². The van der Waals surface area contributed by atoms with Crippen molar-refractivity contribution in [3.05, 3.63) is 117 Å². The molecular weight excluding hydrogens is 583 g/mol. The molecule has 1 amide bonds. The van der Waals surface area contributed by atoms with Crippen LogP contribution in [0.2, 0.25) is 5.02 Å². The van der Waals surface area contributed by atoms with Crippen LogP contribution in [-0.2, 0) is 4.79 Å². The summed E-state index contributed by atoms with van der Waals surface area (Å²) >= 11 is 6.44. The van der Waals surface area contributed by atoms with Crippen molar-refractivity contribution in [2.45, 2.75) is 26.7 Å². The van der Waals surface area contributed by atoms with Crippen LogP contribution in [0.5, 0.6) is 11.5 Å². The van der Waals surface area contributed by atoms with E-state index in [1.807, 2.05) is 25.1 Å². The molecule has 5 aromatic rings. The molecular formula is C34H30ClFN4O4. The SMILES string of the molecule is COc1cc(C)c(-c2nc3ccccc3c(=O)n2N=Cc2ccc(OCC(=O)Nc3ccccc3F)c(Cl)c2)cc1C(C)C. The van der Waals surface area contributed by atoms with E-state index in [9.17, 15) is 14.0 Å². The predicted octanol–water partition coefficient (Wildman–Crippen LogP) is 7.20. The van der Waals surface area contributed by atoms with Crippen LogP contribution in [0, 0.1) is 12.7 Å². The van der Waals surface area contributed by atoms with Crippen molar-refractivity contribution >= 4 is 40.3 Å². The van der Waals surface area contributed by atoms with Crippen molar-refractivity contribution < 1.29 is 18.7 Å². The summed E-state index contributed by atoms with van der Waals surface area (Å²) in [5.74, 6) is 0.491. The number of aryl methyl sites for hydroxylation is 1. The summed E-state index contributed by atoms with van der Waals surface area (Å²) in [6.07, 6.45) is 1.50. The van der Waals surface area contributed by atoms with Crippen LogP contribution < -0.4 is 20.3 Å². The summed E-state index contributed by atoms with van der Waals surface area (Å²) < 4.78 is 26.3. The Labute approximate surface area is 258 Å². The monoisotopic (exact) mass is 612 g/mol. The second kappa shape index (κ2) is 13.1. The molecule has 0 aliphatic rings. The molecule has 0 fully saturated rings. The normalized spacial score (nSPS) is 11.3. The van der Waals surface area contributed by atoms with Crippen LogP contribution in [0.4, 0.5) is 10.1 Å². The predicted molar refractivity (Wildman–Crippen MR) is 172 cm³/mol. The summed E-state index contributed by atoms with van der Waals surface area (Å²) in [5, 5.41) is 7.66. The van der Waals surface area contributed by atoms with E-state index in [0.29, 0.717) is 22.3 Å². The first-order valence-electron chi connectivity index (χ1n) is 13.9. The number of carbonyl (C=O) groups excluding carboxylic acids is 1. The number of benzene rings is 4. The molecule has 10 heteroatoms. The lowest BCUT2D eigenvalue weighted by Gasteiger charge is -2.17. The van der Waals surface area contributed by atoms with Gasteiger partial charge in [0.15, 0.2) is 12.4 Å². The minimum Gasteiger partial charge on any atom is -0.496 e. The highest BCUT2D eigenvalue weighted by molar-refractivity contribution is 6.32. The highest BCUT2D eigenvalue weighted by Crippen LogP contribution is 2.34. The van der Waals surface area contributed by atoms with Gasteiger partial charge >= 0.3 is 0 Å². The third-order valence-corrected chi connectivity index (χ3v) is 7.27. The van der Waals surface area contributed by atoms with Gasteiger partial charge in [0.2, 0.25) is 0 Å². The highest BCUT2D eigenvalue weighted by Gasteiger charge is 2.18. The summed E-state index contributed by atoms with van der Waals surface area (Å²) in [6, 6.07) is 21.8. The number of nitrogens with zero attached hydrogens (tertiary/aromatic N) is 3. The molecule has 0 aliphatic carbocycles. The van der Waals surface area contributed by atoms with Crippen LogP contribution in [0.3, 0.4) is 0 Å². The smallest absolute Gasteiger partial charge is 0.282 e. The van der Waals surface area contributed by atoms with Crippen LogP contribution in [0.25, 0.3) is 22.3 Å². The number of rotatable bonds is 9. The number of hydrogen-bond acceptors (Lipinski definition) is 6. The van der Waals surface area contributed by atoms with E-state index in [1.165, 1.54) is 29.1 Å². The Morgan fingerprint density at radius 3 is 2.55 bits per heavy atom. The Kier molecular flexibility index (Phi) is 9.06. The fraction of sp³-hybridized carbons (Fsp3) is 0.176. The lowest BCUT2D eigenvalue weighted by Crippen LogP contribution is -2.21. The fourth-order valence-corrected chi connectivity index (χ4v) is 4.95. The van der Waals surface area contributed by atoms with Gasteiger partial charge in [-0.1, -0.05) is 49.7 Å². The zero-order chi connectivity index (χ0) is 31.4. The summed E-state index contributed by atoms with van der Waals surface area (Å²) in [5.41, 5.74) is 3.49. The third-order valence-electron chi connectivity index (χ3n) is 6.98. The molecule has 0 aliphatic heterocycles. The zero-order valence-corrected chi connectivity index (χ0v) is 25.4. The molecule has 44 heavy (non-hydrogen) atoms. The molecule has 0 saturated heterocycles. The van der Waals surface area contributed by atoms with Gasteiger partial charge in [0.05, 0.1) is 34.9 Å². The lowest BCUT2D eigenvalue weighted by atomic mass is 9.96. The summed E-state index contributed by atoms with van der Waals surface area (Å²) in [6.45, 7) is 5.71. The molecule has 0 unspecified atom stereocenters. The zero-order valence-electron chi connectivity index (χ0n) is 24.6. The Morgan fingerprint density at radius 2 is 1.82 bits per heavy atom. The number of halogens is 2. The van der Waals surface area contributed by atoms with Gasteiger partial charge in [-0.25, -0.2) is 9.37 Å². The first-order chi connectivity index (χ1) is 21.2. The molecule has 0 bridgehead atoms. The van der Waals surface area contributed by atoms with Gasteiger partial charge in [-0.2, -0.15) is 9.78 Å². The second-order valence-electron chi connectivity index (χ2n) is 10.4. The second-order valence-corrected chi connectivity index (χ2v) is 10.8. The number of methoxy groups -OCH3 is 1. The Morgan fingerprint density at radius 1 is 1.07 bits per heavy atom. The van der Waals surface area contributed by atoms with E-state index in [0.717, 1.165) is 22.4 Å². The van der Waals surface area contributed by atoms with E-state index >= 15 is 0 Å². The van der Waals surface area contributed by atoms with Crippen molar-refractivity contribution in [3.8, 4) is 22.9 Å². The van der Waals surface area contributed by atoms with Crippen LogP contribution >= 0.6 is 11.6 Å². The highest BCUT2D eigenvalue weighted by atomic mass is 35.5. The summed E-state index contributed by atoms with van der Waals surface area (Å²) in [7, 11) is 1.64. The molecule has 1 N–H and O–H groups in total. The molecule has 224 valence electrons. The minimum absolute atomic E-state index is 0.0572. The number of carbonyl (C=O) groups is 1. The Balaban J connectivity index is 1.45. The molecule has 0 atom stereocenters. The van der Waals surface area contributed by atoms with Gasteiger partial charge in [0.1, 0.15) is 17.3 Å². The average molecular weight is 613 g/mol. The number of aromatic nitrogens is 2. The maximum Gasteiger partial charge on any atom is 0.282 e. The van der Waals surface area contributed by atoms with Gasteiger partial charge in [0, 0.05) is 5.56 Å². The standard InChI is InChI=1S/C34H30ClFN4O4/c1-20(2)24-17-25(21(3)15-31(24)43-4)33-39-28-11-7-5-9-23(28)34(42)40(33)37-18-22-13-14-30(26(35)16-22)44-19-32(41)38-29-12-8-6-10-27(29)36/h5-18,20H,19H2,1-4H3,(H,38,41). The van der Waals surface area contributed by atoms with Crippen LogP contribution in [0.15, 0.2) is 88.8 Å². The third kappa shape index (κ3) is 6.48. The van der Waals surface area contributed by atoms with Gasteiger partial charge in [-0.3, -0.25) is 9.59 Å². The van der Waals surface area contributed by atoms with E-state index in [2.05, 4.69) is 24.3 Å². The minimum atomic E-state index is -0.547. The van der Waals surface area contributed by atoms with E-state index in [4.69, 9.17) is 26.1 Å². The first kappa shape index (κ1) is 30.4. The number of fused-ring (bicyclic) bond motifs is 1. The van der Waals surface area contributed by atoms with Crippen LogP contribution in [-0.4, -0.2) is 35.5 Å². The maximum atomic E-state index is 13.8. The molecule has 0 spiro atoms. The summed E-state index contributed by atoms with van der Waals surface area (Å²) in [4.78, 5) is 30.8. The number of nitrogens with one attached hydrogen (secondary N) is 1. The molecule has 5 rings (SSSR count). The molecule has 0 radical (unpaired) electrons. The van der Waals surface area contributed by atoms with Gasteiger partial charge in [-0.15, -0.1) is 0 Å². The Bertz CT molecular complexity index is 1950. The van der Waals surface area contributed by atoms with E-state index in [1.54, 1.807) is 49.6 Å². The van der Waals surface area contributed by atoms with Crippen molar-refractivity contribution in [3.63, 3.8) is 0 Å². The fourth-order valence-electron chi connectivity index (χ4n) is 4.70. The van der Waals surface area contributed by atoms with E-state index in [-0.39, 0.29) is 34.5 Å². The average Bonchev–Trinajstić information content (AvgIpc) is 3.01. The quantitative estimate of drug-likeness (QED) is 0.178. The van der Waals surface area contributed by atoms with Crippen molar-refractivity contribution in [2.75, 3.05) is 19.0 Å². The first-order valence-corrected chi connectivity index (χ1v) is 14.3. The molecule has 4 aromatic carbocycles. The van der Waals surface area contributed by atoms with Crippen LogP contribution in [0.1, 0.15) is 36.5 Å². The van der Waals surface area contributed by atoms with Gasteiger partial charge in [-0.05, 0) is 84.1 Å². The Hall–Kier alpha value is -5.02. The van der Waals surface area contributed by atoms with Gasteiger partial charge in [0.25, 0.3) is 11.5 Å². The maximum absolute atomic E-state index is 13.8. The van der Waals surface area contributed by atoms with Crippen molar-refractivity contribution in [1.82, 2.24) is 9.66 Å². The number of anilines is 1. The number of amides is 1. The lowest BCUT2D eigenvalue weighted by molar-refractivity contribution is -0.118. The topological polar surface area (TPSA) is 94.8 Å². The molecule has 0 saturated carbocycles. The molecule has 1 heterocycles. The number of hydrogen-bond donors (Lipinski definition) is 1.